The number of rotatable bonds is 0. The van der Waals surface area contributed by atoms with Crippen molar-refractivity contribution in [3.05, 3.63) is 0 Å². The van der Waals surface area contributed by atoms with Crippen molar-refractivity contribution >= 4 is 0 Å². The van der Waals surface area contributed by atoms with Crippen LogP contribution in [0.25, 0.3) is 0 Å². The van der Waals surface area contributed by atoms with E-state index in [0.29, 0.717) is 0 Å². The number of fused-ring (bicyclic) bond motifs is 1. The zero-order valence-corrected chi connectivity index (χ0v) is 5.72. The molecule has 0 radical (unpaired) electrons. The molecule has 0 saturated heterocycles. The molecule has 3 fully saturated rings. The first-order valence-corrected chi connectivity index (χ1v) is 3.80. The van der Waals surface area contributed by atoms with Gasteiger partial charge in [-0.1, -0.05) is 13.8 Å². The molecule has 3 saturated carbocycles. The molecular formula is C8H14. The molecule has 0 heterocycles. The van der Waals surface area contributed by atoms with Gasteiger partial charge < -0.3 is 0 Å². The van der Waals surface area contributed by atoms with Gasteiger partial charge in [0.15, 0.2) is 0 Å². The van der Waals surface area contributed by atoms with Crippen LogP contribution < -0.4 is 0 Å². The Morgan fingerprint density at radius 2 is 1.25 bits per heavy atom. The minimum Gasteiger partial charge on any atom is -0.0620 e. The summed E-state index contributed by atoms with van der Waals surface area (Å²) in [5.74, 6) is 4.43. The van der Waals surface area contributed by atoms with Crippen LogP contribution in [0.4, 0.5) is 0 Å². The third-order valence-corrected chi connectivity index (χ3v) is 3.53. The topological polar surface area (TPSA) is 0 Å². The second-order valence-corrected chi connectivity index (χ2v) is 3.62. The molecule has 3 aliphatic carbocycles. The Kier molecular flexibility index (Phi) is 0.778. The Bertz CT molecular complexity index is 84.6. The van der Waals surface area contributed by atoms with E-state index >= 15 is 0 Å². The predicted octanol–water partition coefficient (Wildman–Crippen LogP) is 2.30. The quantitative estimate of drug-likeness (QED) is 0.449. The molecule has 0 heteroatoms. The van der Waals surface area contributed by atoms with Gasteiger partial charge in [0.05, 0.1) is 0 Å². The van der Waals surface area contributed by atoms with Crippen molar-refractivity contribution in [2.45, 2.75) is 26.7 Å². The monoisotopic (exact) mass is 110 g/mol. The minimum atomic E-state index is 1.09. The van der Waals surface area contributed by atoms with Gasteiger partial charge in [-0.15, -0.1) is 0 Å². The first kappa shape index (κ1) is 4.84. The third kappa shape index (κ3) is 0.340. The maximum Gasteiger partial charge on any atom is -0.0357 e. The largest absolute Gasteiger partial charge is 0.0620 e. The first-order chi connectivity index (χ1) is 3.80. The first-order valence-electron chi connectivity index (χ1n) is 3.80. The van der Waals surface area contributed by atoms with Crippen LogP contribution in [0.5, 0.6) is 0 Å². The van der Waals surface area contributed by atoms with Crippen LogP contribution in [-0.2, 0) is 0 Å². The van der Waals surface area contributed by atoms with E-state index in [9.17, 15) is 0 Å². The molecule has 0 amide bonds. The molecule has 0 unspecified atom stereocenters. The van der Waals surface area contributed by atoms with Crippen molar-refractivity contribution in [2.24, 2.45) is 23.7 Å². The van der Waals surface area contributed by atoms with Crippen molar-refractivity contribution in [1.29, 1.82) is 0 Å². The summed E-state index contributed by atoms with van der Waals surface area (Å²) in [7, 11) is 0. The highest BCUT2D eigenvalue weighted by atomic mass is 14.5. The lowest BCUT2D eigenvalue weighted by molar-refractivity contribution is 0.0811. The van der Waals surface area contributed by atoms with E-state index in [0.717, 1.165) is 23.7 Å². The number of hydrogen-bond donors (Lipinski definition) is 0. The van der Waals surface area contributed by atoms with E-state index in [2.05, 4.69) is 13.8 Å². The summed E-state index contributed by atoms with van der Waals surface area (Å²) in [6.07, 6.45) is 3.07. The van der Waals surface area contributed by atoms with E-state index < -0.39 is 0 Å². The standard InChI is InChI=1S/C8H14/c1-5-7-3-4-8(5)6(7)2/h5-8H,3-4H2,1-2H3. The van der Waals surface area contributed by atoms with Crippen molar-refractivity contribution < 1.29 is 0 Å². The molecule has 0 aromatic carbocycles. The zero-order chi connectivity index (χ0) is 5.72. The summed E-state index contributed by atoms with van der Waals surface area (Å²) in [5.41, 5.74) is 0. The van der Waals surface area contributed by atoms with Crippen LogP contribution >= 0.6 is 0 Å². The zero-order valence-electron chi connectivity index (χ0n) is 5.72. The molecule has 0 nitrogen and oxygen atoms in total. The van der Waals surface area contributed by atoms with Crippen LogP contribution in [0, 0.1) is 23.7 Å². The van der Waals surface area contributed by atoms with E-state index in [1.165, 1.54) is 12.8 Å². The molecule has 3 rings (SSSR count). The highest BCUT2D eigenvalue weighted by Crippen LogP contribution is 2.57. The summed E-state index contributed by atoms with van der Waals surface area (Å²) in [6.45, 7) is 4.84. The van der Waals surface area contributed by atoms with Crippen molar-refractivity contribution in [3.8, 4) is 0 Å². The molecule has 0 aromatic rings. The van der Waals surface area contributed by atoms with E-state index in [1.807, 2.05) is 0 Å². The van der Waals surface area contributed by atoms with Crippen LogP contribution in [0.15, 0.2) is 0 Å². The van der Waals surface area contributed by atoms with Crippen LogP contribution in [-0.4, -0.2) is 0 Å². The lowest BCUT2D eigenvalue weighted by Gasteiger charge is -2.40. The Labute approximate surface area is 51.3 Å². The summed E-state index contributed by atoms with van der Waals surface area (Å²) in [4.78, 5) is 0. The molecule has 0 aromatic heterocycles. The Hall–Kier alpha value is 0. The van der Waals surface area contributed by atoms with Gasteiger partial charge in [-0.3, -0.25) is 0 Å². The van der Waals surface area contributed by atoms with Gasteiger partial charge >= 0.3 is 0 Å². The van der Waals surface area contributed by atoms with Crippen LogP contribution in [0.3, 0.4) is 0 Å². The van der Waals surface area contributed by atoms with Gasteiger partial charge in [-0.2, -0.15) is 0 Å². The van der Waals surface area contributed by atoms with Crippen LogP contribution in [0.2, 0.25) is 0 Å². The van der Waals surface area contributed by atoms with E-state index in [1.54, 1.807) is 0 Å². The predicted molar refractivity (Wildman–Crippen MR) is 34.5 cm³/mol. The fourth-order valence-corrected chi connectivity index (χ4v) is 2.88. The molecule has 46 valence electrons. The Balaban J connectivity index is 2.15. The molecule has 0 aliphatic heterocycles. The second-order valence-electron chi connectivity index (χ2n) is 3.62. The molecular weight excluding hydrogens is 96.1 g/mol. The summed E-state index contributed by atoms with van der Waals surface area (Å²) in [6, 6.07) is 0. The lowest BCUT2D eigenvalue weighted by Crippen LogP contribution is -2.34. The smallest absolute Gasteiger partial charge is 0.0357 e. The Morgan fingerprint density at radius 3 is 1.38 bits per heavy atom. The molecule has 0 N–H and O–H groups in total. The van der Waals surface area contributed by atoms with Gasteiger partial charge in [0.2, 0.25) is 0 Å². The molecule has 0 atom stereocenters. The normalized spacial score (nSPS) is 60.8. The lowest BCUT2D eigenvalue weighted by atomic mass is 9.65. The van der Waals surface area contributed by atoms with Gasteiger partial charge in [-0.25, -0.2) is 0 Å². The number of hydrogen-bond acceptors (Lipinski definition) is 0. The highest BCUT2D eigenvalue weighted by molar-refractivity contribution is 4.98. The van der Waals surface area contributed by atoms with Gasteiger partial charge in [0.25, 0.3) is 0 Å². The SMILES string of the molecule is CC1C2CCC1C2C. The molecule has 2 bridgehead atoms. The van der Waals surface area contributed by atoms with E-state index in [4.69, 9.17) is 0 Å². The molecule has 0 spiro atoms. The fourth-order valence-electron chi connectivity index (χ4n) is 2.88. The third-order valence-electron chi connectivity index (χ3n) is 3.53. The van der Waals surface area contributed by atoms with Gasteiger partial charge in [0.1, 0.15) is 0 Å². The average molecular weight is 110 g/mol. The average Bonchev–Trinajstić information content (AvgIpc) is 2.26. The second kappa shape index (κ2) is 1.29. The molecule has 8 heavy (non-hydrogen) atoms. The fraction of sp³-hybridized carbons (Fsp3) is 1.00. The Morgan fingerprint density at radius 1 is 0.875 bits per heavy atom. The van der Waals surface area contributed by atoms with Crippen molar-refractivity contribution in [1.82, 2.24) is 0 Å². The maximum absolute atomic E-state index is 2.42. The summed E-state index contributed by atoms with van der Waals surface area (Å²) >= 11 is 0. The van der Waals surface area contributed by atoms with Gasteiger partial charge in [0, 0.05) is 0 Å². The van der Waals surface area contributed by atoms with Crippen molar-refractivity contribution in [2.75, 3.05) is 0 Å². The van der Waals surface area contributed by atoms with Crippen molar-refractivity contribution in [3.63, 3.8) is 0 Å². The summed E-state index contributed by atoms with van der Waals surface area (Å²) in [5, 5.41) is 0. The summed E-state index contributed by atoms with van der Waals surface area (Å²) < 4.78 is 0. The van der Waals surface area contributed by atoms with E-state index in [-0.39, 0.29) is 0 Å². The minimum absolute atomic E-state index is 1.09. The highest BCUT2D eigenvalue weighted by Gasteiger charge is 2.49. The molecule has 3 aliphatic rings. The van der Waals surface area contributed by atoms with Gasteiger partial charge in [-0.05, 0) is 36.5 Å². The van der Waals surface area contributed by atoms with Crippen LogP contribution in [0.1, 0.15) is 26.7 Å². The maximum atomic E-state index is 2.42.